The van der Waals surface area contributed by atoms with Crippen molar-refractivity contribution in [3.8, 4) is 0 Å². The number of fused-ring (bicyclic) bond motifs is 1. The number of nitrogens with zero attached hydrogens (tertiary/aromatic N) is 4. The molecule has 1 saturated carbocycles. The van der Waals surface area contributed by atoms with E-state index in [-0.39, 0.29) is 0 Å². The molecule has 1 N–H and O–H groups in total. The van der Waals surface area contributed by atoms with Gasteiger partial charge in [-0.05, 0) is 49.2 Å². The smallest absolute Gasteiger partial charge is 0.346 e. The Labute approximate surface area is 161 Å². The first-order valence-corrected chi connectivity index (χ1v) is 10.4. The van der Waals surface area contributed by atoms with Gasteiger partial charge in [0.05, 0.1) is 12.2 Å². The summed E-state index contributed by atoms with van der Waals surface area (Å²) in [6.45, 7) is 2.50. The molecule has 7 heteroatoms. The van der Waals surface area contributed by atoms with Crippen molar-refractivity contribution in [1.29, 1.82) is 0 Å². The first-order valence-electron chi connectivity index (χ1n) is 9.57. The van der Waals surface area contributed by atoms with E-state index < -0.39 is 5.97 Å². The third-order valence-corrected chi connectivity index (χ3v) is 6.90. The number of hydrogen-bond acceptors (Lipinski definition) is 5. The van der Waals surface area contributed by atoms with Gasteiger partial charge in [0.15, 0.2) is 0 Å². The molecule has 5 rings (SSSR count). The van der Waals surface area contributed by atoms with Crippen molar-refractivity contribution in [2.24, 2.45) is 0 Å². The largest absolute Gasteiger partial charge is 0.477 e. The van der Waals surface area contributed by atoms with Crippen LogP contribution in [0.25, 0.3) is 10.1 Å². The van der Waals surface area contributed by atoms with E-state index in [9.17, 15) is 9.90 Å². The fourth-order valence-electron chi connectivity index (χ4n) is 4.13. The van der Waals surface area contributed by atoms with E-state index in [0.717, 1.165) is 47.3 Å². The maximum atomic E-state index is 11.8. The van der Waals surface area contributed by atoms with E-state index in [0.29, 0.717) is 23.4 Å². The molecule has 6 nitrogen and oxygen atoms in total. The minimum Gasteiger partial charge on any atom is -0.477 e. The van der Waals surface area contributed by atoms with Crippen LogP contribution in [0.5, 0.6) is 0 Å². The predicted octanol–water partition coefficient (Wildman–Crippen LogP) is 3.73. The molecule has 140 valence electrons. The van der Waals surface area contributed by atoms with Crippen LogP contribution in [-0.4, -0.2) is 43.6 Å². The maximum Gasteiger partial charge on any atom is 0.346 e. The van der Waals surface area contributed by atoms with E-state index in [1.165, 1.54) is 24.2 Å². The molecule has 1 aliphatic heterocycles. The summed E-state index contributed by atoms with van der Waals surface area (Å²) in [5, 5.41) is 19.4. The highest BCUT2D eigenvalue weighted by atomic mass is 32.1. The molecule has 27 heavy (non-hydrogen) atoms. The predicted molar refractivity (Wildman–Crippen MR) is 104 cm³/mol. The van der Waals surface area contributed by atoms with Crippen molar-refractivity contribution < 1.29 is 9.90 Å². The van der Waals surface area contributed by atoms with Crippen molar-refractivity contribution in [3.63, 3.8) is 0 Å². The summed E-state index contributed by atoms with van der Waals surface area (Å²) >= 11 is 1.38. The number of rotatable bonds is 6. The number of aromatic nitrogens is 3. The highest BCUT2D eigenvalue weighted by Gasteiger charge is 2.30. The molecule has 0 unspecified atom stereocenters. The minimum absolute atomic E-state index is 0.374. The van der Waals surface area contributed by atoms with Gasteiger partial charge in [-0.3, -0.25) is 9.58 Å². The Hall–Kier alpha value is -2.25. The van der Waals surface area contributed by atoms with E-state index in [1.807, 2.05) is 28.9 Å². The minimum atomic E-state index is -0.827. The second-order valence-electron chi connectivity index (χ2n) is 7.62. The average molecular weight is 382 g/mol. The zero-order valence-electron chi connectivity index (χ0n) is 15.0. The molecule has 1 atom stereocenters. The molecule has 2 aromatic heterocycles. The number of carbonyl (C=O) groups is 1. The van der Waals surface area contributed by atoms with Crippen LogP contribution in [0.15, 0.2) is 30.5 Å². The molecule has 2 aliphatic rings. The standard InChI is InChI=1S/C20H22N4O2S/c25-20(26)19-16(15-5-1-2-6-18(15)27-19)11-23-9-3-4-14(23)10-24-12-17(21-22-24)13-7-8-13/h1-2,5-6,12-14H,3-4,7-11H2,(H,25,26)/t14-/m0/s1. The summed E-state index contributed by atoms with van der Waals surface area (Å²) in [6, 6.07) is 8.37. The van der Waals surface area contributed by atoms with Gasteiger partial charge in [0.2, 0.25) is 0 Å². The molecular formula is C20H22N4O2S. The summed E-state index contributed by atoms with van der Waals surface area (Å²) in [4.78, 5) is 14.7. The number of carboxylic acid groups (broad SMARTS) is 1. The quantitative estimate of drug-likeness (QED) is 0.703. The van der Waals surface area contributed by atoms with Crippen LogP contribution in [0.2, 0.25) is 0 Å². The molecule has 0 spiro atoms. The molecule has 2 fully saturated rings. The van der Waals surface area contributed by atoms with E-state index in [4.69, 9.17) is 0 Å². The molecule has 1 aromatic carbocycles. The number of benzene rings is 1. The van der Waals surface area contributed by atoms with Gasteiger partial charge >= 0.3 is 5.97 Å². The molecular weight excluding hydrogens is 360 g/mol. The summed E-state index contributed by atoms with van der Waals surface area (Å²) in [7, 11) is 0. The average Bonchev–Trinajstić information content (AvgIpc) is 3.09. The molecule has 1 saturated heterocycles. The Morgan fingerprint density at radius 1 is 1.26 bits per heavy atom. The monoisotopic (exact) mass is 382 g/mol. The van der Waals surface area contributed by atoms with Crippen molar-refractivity contribution in [2.75, 3.05) is 6.54 Å². The summed E-state index contributed by atoms with van der Waals surface area (Å²) in [6.07, 6.45) is 6.81. The Bertz CT molecular complexity index is 991. The zero-order valence-corrected chi connectivity index (χ0v) is 15.9. The lowest BCUT2D eigenvalue weighted by Gasteiger charge is -2.24. The van der Waals surface area contributed by atoms with Crippen LogP contribution in [0, 0.1) is 0 Å². The van der Waals surface area contributed by atoms with Gasteiger partial charge in [-0.2, -0.15) is 0 Å². The van der Waals surface area contributed by atoms with Gasteiger partial charge in [-0.1, -0.05) is 23.4 Å². The van der Waals surface area contributed by atoms with Crippen LogP contribution < -0.4 is 0 Å². The van der Waals surface area contributed by atoms with E-state index in [2.05, 4.69) is 21.4 Å². The van der Waals surface area contributed by atoms with Gasteiger partial charge in [0, 0.05) is 29.4 Å². The molecule has 0 radical (unpaired) electrons. The third-order valence-electron chi connectivity index (χ3n) is 5.70. The number of carboxylic acids is 1. The Morgan fingerprint density at radius 2 is 2.11 bits per heavy atom. The first-order chi connectivity index (χ1) is 13.2. The maximum absolute atomic E-state index is 11.8. The molecule has 0 amide bonds. The van der Waals surface area contributed by atoms with Crippen molar-refractivity contribution >= 4 is 27.4 Å². The van der Waals surface area contributed by atoms with Gasteiger partial charge in [-0.25, -0.2) is 4.79 Å². The Kier molecular flexibility index (Phi) is 4.21. The van der Waals surface area contributed by atoms with Gasteiger partial charge in [-0.15, -0.1) is 16.4 Å². The number of aromatic carboxylic acids is 1. The van der Waals surface area contributed by atoms with Crippen molar-refractivity contribution in [3.05, 3.63) is 46.6 Å². The van der Waals surface area contributed by atoms with Gasteiger partial charge in [0.1, 0.15) is 4.88 Å². The topological polar surface area (TPSA) is 71.2 Å². The molecule has 1 aliphatic carbocycles. The lowest BCUT2D eigenvalue weighted by molar-refractivity contribution is 0.0699. The lowest BCUT2D eigenvalue weighted by Crippen LogP contribution is -2.33. The second-order valence-corrected chi connectivity index (χ2v) is 8.67. The van der Waals surface area contributed by atoms with Crippen molar-refractivity contribution in [2.45, 2.75) is 50.7 Å². The number of thiophene rings is 1. The van der Waals surface area contributed by atoms with Crippen LogP contribution in [0.1, 0.15) is 52.5 Å². The summed E-state index contributed by atoms with van der Waals surface area (Å²) in [5.74, 6) is -0.207. The fourth-order valence-corrected chi connectivity index (χ4v) is 5.18. The number of hydrogen-bond donors (Lipinski definition) is 1. The summed E-state index contributed by atoms with van der Waals surface area (Å²) < 4.78 is 3.02. The second kappa shape index (κ2) is 6.73. The lowest BCUT2D eigenvalue weighted by atomic mass is 10.1. The van der Waals surface area contributed by atoms with E-state index in [1.54, 1.807) is 0 Å². The number of likely N-dealkylation sites (tertiary alicyclic amines) is 1. The first kappa shape index (κ1) is 16.9. The summed E-state index contributed by atoms with van der Waals surface area (Å²) in [5.41, 5.74) is 2.07. The van der Waals surface area contributed by atoms with Crippen LogP contribution >= 0.6 is 11.3 Å². The van der Waals surface area contributed by atoms with Gasteiger partial charge in [0.25, 0.3) is 0 Å². The third kappa shape index (κ3) is 3.26. The zero-order chi connectivity index (χ0) is 18.4. The van der Waals surface area contributed by atoms with E-state index >= 15 is 0 Å². The highest BCUT2D eigenvalue weighted by Crippen LogP contribution is 2.38. The Morgan fingerprint density at radius 3 is 2.93 bits per heavy atom. The van der Waals surface area contributed by atoms with Crippen LogP contribution in [0.3, 0.4) is 0 Å². The molecule has 3 heterocycles. The SMILES string of the molecule is O=C(O)c1sc2ccccc2c1CN1CCC[C@H]1Cn1cc(C2CC2)nn1. The normalized spacial score (nSPS) is 20.5. The molecule has 0 bridgehead atoms. The highest BCUT2D eigenvalue weighted by molar-refractivity contribution is 7.21. The van der Waals surface area contributed by atoms with Gasteiger partial charge < -0.3 is 5.11 Å². The van der Waals surface area contributed by atoms with Crippen LogP contribution in [0.4, 0.5) is 0 Å². The van der Waals surface area contributed by atoms with Crippen LogP contribution in [-0.2, 0) is 13.1 Å². The van der Waals surface area contributed by atoms with Crippen molar-refractivity contribution in [1.82, 2.24) is 19.9 Å². The molecule has 3 aromatic rings. The fraction of sp³-hybridized carbons (Fsp3) is 0.450. The Balaban J connectivity index is 1.38.